The van der Waals surface area contributed by atoms with E-state index in [0.29, 0.717) is 11.5 Å². The van der Waals surface area contributed by atoms with Gasteiger partial charge in [-0.25, -0.2) is 0 Å². The number of hydrogen-bond donors (Lipinski definition) is 1. The van der Waals surface area contributed by atoms with Crippen molar-refractivity contribution in [2.75, 3.05) is 19.8 Å². The highest BCUT2D eigenvalue weighted by atomic mass is 17.0. The minimum absolute atomic E-state index is 0.0566. The first-order valence-corrected chi connectivity index (χ1v) is 6.43. The summed E-state index contributed by atoms with van der Waals surface area (Å²) >= 11 is 0. The van der Waals surface area contributed by atoms with Crippen LogP contribution in [-0.4, -0.2) is 46.5 Å². The molecule has 136 valence electrons. The maximum atomic E-state index is 10.3. The van der Waals surface area contributed by atoms with E-state index in [-0.39, 0.29) is 6.61 Å². The Morgan fingerprint density at radius 3 is 1.92 bits per heavy atom. The molecule has 25 heavy (non-hydrogen) atoms. The van der Waals surface area contributed by atoms with E-state index in [4.69, 9.17) is 20.1 Å². The largest absolute Gasteiger partial charge is 0.437 e. The molecule has 1 aromatic carbocycles. The van der Waals surface area contributed by atoms with Crippen LogP contribution in [0.5, 0.6) is 0 Å². The van der Waals surface area contributed by atoms with E-state index in [1.54, 1.807) is 24.3 Å². The molecule has 1 aliphatic heterocycles. The number of benzene rings is 1. The van der Waals surface area contributed by atoms with Crippen LogP contribution in [0.3, 0.4) is 0 Å². The van der Waals surface area contributed by atoms with Gasteiger partial charge in [-0.05, 0) is 12.1 Å². The van der Waals surface area contributed by atoms with Crippen LogP contribution in [-0.2, 0) is 14.4 Å². The molecule has 14 heteroatoms. The first kappa shape index (κ1) is 19.3. The van der Waals surface area contributed by atoms with E-state index in [1.165, 1.54) is 0 Å². The molecule has 1 N–H and O–H groups in total. The fraction of sp³-hybridized carbons (Fsp3) is 0.364. The number of hydrogen-bond acceptors (Lipinski definition) is 10. The first-order valence-electron chi connectivity index (χ1n) is 6.43. The van der Waals surface area contributed by atoms with Gasteiger partial charge in [-0.1, -0.05) is 18.2 Å². The standard InChI is InChI=1S/C11H11N3O7.NO3/c15-13(16)20-7-11(8-21-14(17)18)6-19-10(12-11)9-4-2-1-3-5-9;2-1(3)4/h1-5H,6-8H2;/q;-1/p+1. The monoisotopic (exact) mass is 360 g/mol. The molecular formula is C11H12N4O10. The van der Waals surface area contributed by atoms with Crippen LogP contribution < -0.4 is 4.99 Å². The second-order valence-corrected chi connectivity index (χ2v) is 4.61. The summed E-state index contributed by atoms with van der Waals surface area (Å²) in [6.07, 6.45) is 0. The molecule has 0 unspecified atom stereocenters. The maximum absolute atomic E-state index is 10.3. The van der Waals surface area contributed by atoms with Crippen LogP contribution in [0.1, 0.15) is 5.56 Å². The molecule has 0 spiro atoms. The lowest BCUT2D eigenvalue weighted by Crippen LogP contribution is -2.88. The van der Waals surface area contributed by atoms with Gasteiger partial charge in [0.15, 0.2) is 19.8 Å². The van der Waals surface area contributed by atoms with E-state index in [9.17, 15) is 20.2 Å². The third-order valence-corrected chi connectivity index (χ3v) is 2.80. The lowest BCUT2D eigenvalue weighted by atomic mass is 10.1. The van der Waals surface area contributed by atoms with Crippen LogP contribution in [0, 0.1) is 35.6 Å². The Morgan fingerprint density at radius 2 is 1.48 bits per heavy atom. The summed E-state index contributed by atoms with van der Waals surface area (Å²) in [5.41, 5.74) is -0.493. The summed E-state index contributed by atoms with van der Waals surface area (Å²) in [4.78, 5) is 40.4. The highest BCUT2D eigenvalue weighted by Crippen LogP contribution is 2.10. The second kappa shape index (κ2) is 8.80. The van der Waals surface area contributed by atoms with Gasteiger partial charge in [-0.15, -0.1) is 20.2 Å². The molecule has 0 aromatic heterocycles. The van der Waals surface area contributed by atoms with E-state index < -0.39 is 34.0 Å². The molecule has 0 fully saturated rings. The van der Waals surface area contributed by atoms with Gasteiger partial charge < -0.3 is 29.7 Å². The summed E-state index contributed by atoms with van der Waals surface area (Å²) in [7, 11) is 0. The third-order valence-electron chi connectivity index (χ3n) is 2.80. The molecule has 0 saturated heterocycles. The van der Waals surface area contributed by atoms with Crippen molar-refractivity contribution in [2.24, 2.45) is 0 Å². The minimum atomic E-state index is -1.75. The van der Waals surface area contributed by atoms with Crippen molar-refractivity contribution in [2.45, 2.75) is 5.54 Å². The first-order chi connectivity index (χ1) is 11.7. The Hall–Kier alpha value is -3.71. The third kappa shape index (κ3) is 6.93. The van der Waals surface area contributed by atoms with Gasteiger partial charge in [-0.2, -0.15) is 4.99 Å². The molecule has 0 atom stereocenters. The van der Waals surface area contributed by atoms with Crippen molar-refractivity contribution in [1.29, 1.82) is 0 Å². The van der Waals surface area contributed by atoms with Crippen molar-refractivity contribution in [1.82, 2.24) is 0 Å². The molecule has 0 radical (unpaired) electrons. The predicted molar refractivity (Wildman–Crippen MR) is 76.5 cm³/mol. The highest BCUT2D eigenvalue weighted by Gasteiger charge is 2.46. The summed E-state index contributed by atoms with van der Waals surface area (Å²) in [6.45, 7) is -0.937. The normalized spacial score (nSPS) is 14.2. The average Bonchev–Trinajstić information content (AvgIpc) is 2.97. The smallest absolute Gasteiger partial charge is 0.369 e. The van der Waals surface area contributed by atoms with Gasteiger partial charge in [0.2, 0.25) is 5.54 Å². The second-order valence-electron chi connectivity index (χ2n) is 4.61. The topological polar surface area (TPSA) is 194 Å². The average molecular weight is 360 g/mol. The fourth-order valence-electron chi connectivity index (χ4n) is 1.82. The molecule has 14 nitrogen and oxygen atoms in total. The van der Waals surface area contributed by atoms with E-state index in [0.717, 1.165) is 0 Å². The quantitative estimate of drug-likeness (QED) is 0.439. The van der Waals surface area contributed by atoms with Crippen molar-refractivity contribution < 1.29 is 34.7 Å². The van der Waals surface area contributed by atoms with Gasteiger partial charge in [0.25, 0.3) is 10.2 Å². The Morgan fingerprint density at radius 1 is 1.00 bits per heavy atom. The number of rotatable bonds is 7. The van der Waals surface area contributed by atoms with E-state index in [2.05, 4.69) is 14.7 Å². The lowest BCUT2D eigenvalue weighted by Gasteiger charge is -2.15. The minimum Gasteiger partial charge on any atom is -0.437 e. The lowest BCUT2D eigenvalue weighted by molar-refractivity contribution is -0.786. The Bertz CT molecular complexity index is 628. The zero-order valence-electron chi connectivity index (χ0n) is 12.4. The summed E-state index contributed by atoms with van der Waals surface area (Å²) in [6, 6.07) is 8.92. The van der Waals surface area contributed by atoms with Gasteiger partial charge in [-0.3, -0.25) is 0 Å². The molecule has 0 aliphatic carbocycles. The van der Waals surface area contributed by atoms with Crippen LogP contribution >= 0.6 is 0 Å². The van der Waals surface area contributed by atoms with Gasteiger partial charge in [0.1, 0.15) is 0 Å². The van der Waals surface area contributed by atoms with Crippen LogP contribution in [0.15, 0.2) is 30.3 Å². The Balaban J connectivity index is 0.000000705. The van der Waals surface area contributed by atoms with E-state index >= 15 is 0 Å². The van der Waals surface area contributed by atoms with Crippen molar-refractivity contribution >= 4 is 5.90 Å². The summed E-state index contributed by atoms with van der Waals surface area (Å²) < 4.78 is 5.42. The molecule has 0 bridgehead atoms. The Labute approximate surface area is 138 Å². The van der Waals surface area contributed by atoms with Crippen LogP contribution in [0.4, 0.5) is 0 Å². The van der Waals surface area contributed by atoms with Gasteiger partial charge in [0, 0.05) is 0 Å². The van der Waals surface area contributed by atoms with E-state index in [1.807, 2.05) is 6.07 Å². The van der Waals surface area contributed by atoms with Crippen molar-refractivity contribution in [3.63, 3.8) is 0 Å². The number of nitrogens with zero attached hydrogens (tertiary/aromatic N) is 3. The summed E-state index contributed by atoms with van der Waals surface area (Å²) in [5, 5.41) is 33.4. The molecular weight excluding hydrogens is 348 g/mol. The van der Waals surface area contributed by atoms with Crippen molar-refractivity contribution in [3.8, 4) is 0 Å². The van der Waals surface area contributed by atoms with Gasteiger partial charge in [0.05, 0.1) is 10.7 Å². The molecule has 1 aliphatic rings. The zero-order valence-corrected chi connectivity index (χ0v) is 12.4. The molecule has 0 saturated carbocycles. The maximum Gasteiger partial charge on any atom is 0.369 e. The molecule has 2 rings (SSSR count). The molecule has 0 amide bonds. The molecule has 1 heterocycles. The van der Waals surface area contributed by atoms with Gasteiger partial charge >= 0.3 is 5.90 Å². The summed E-state index contributed by atoms with van der Waals surface area (Å²) in [5.74, 6) is 0.356. The fourth-order valence-corrected chi connectivity index (χ4v) is 1.82. The SMILES string of the molecule is O=[N+]([O-])OCC1(CO[N+](=O)[O-])COC(c2ccccc2)=[NH+]1.O=[N+]([O-])[O-]. The molecule has 1 aromatic rings. The van der Waals surface area contributed by atoms with Crippen LogP contribution in [0.2, 0.25) is 0 Å². The zero-order chi connectivity index (χ0) is 18.9. The number of nitrogens with one attached hydrogen (secondary N) is 1. The highest BCUT2D eigenvalue weighted by molar-refractivity contribution is 5.90. The Kier molecular flexibility index (Phi) is 6.81. The predicted octanol–water partition coefficient (Wildman–Crippen LogP) is -1.54. The van der Waals surface area contributed by atoms with Crippen molar-refractivity contribution in [3.05, 3.63) is 71.4 Å². The van der Waals surface area contributed by atoms with Crippen LogP contribution in [0.25, 0.3) is 0 Å². The number of ether oxygens (including phenoxy) is 1.